The van der Waals surface area contributed by atoms with Crippen LogP contribution in [0.1, 0.15) is 12.5 Å². The molecule has 3 N–H and O–H groups in total. The Hall–Kier alpha value is -3.79. The first-order chi connectivity index (χ1) is 13.0. The second-order valence-electron chi connectivity index (χ2n) is 5.40. The summed E-state index contributed by atoms with van der Waals surface area (Å²) in [5.74, 6) is 0.121. The average molecular weight is 365 g/mol. The Labute approximate surface area is 157 Å². The van der Waals surface area contributed by atoms with Crippen molar-refractivity contribution < 1.29 is 19.1 Å². The maximum absolute atomic E-state index is 12.0. The summed E-state index contributed by atoms with van der Waals surface area (Å²) < 4.78 is 10.8. The highest BCUT2D eigenvalue weighted by Crippen LogP contribution is 2.17. The summed E-state index contributed by atoms with van der Waals surface area (Å²) >= 11 is 0. The van der Waals surface area contributed by atoms with Crippen LogP contribution in [0, 0.1) is 11.3 Å². The van der Waals surface area contributed by atoms with Crippen LogP contribution in [0.15, 0.2) is 54.1 Å². The number of rotatable bonds is 8. The van der Waals surface area contributed by atoms with Gasteiger partial charge in [0.25, 0.3) is 11.8 Å². The quantitative estimate of drug-likeness (QED) is 0.551. The highest BCUT2D eigenvalue weighted by atomic mass is 16.5. The Morgan fingerprint density at radius 1 is 1.07 bits per heavy atom. The van der Waals surface area contributed by atoms with Crippen molar-refractivity contribution >= 4 is 23.6 Å². The Kier molecular flexibility index (Phi) is 6.97. The molecular weight excluding hydrogens is 346 g/mol. The third kappa shape index (κ3) is 6.21. The second-order valence-corrected chi connectivity index (χ2v) is 5.40. The highest BCUT2D eigenvalue weighted by Gasteiger charge is 2.06. The molecule has 0 aliphatic rings. The third-order valence-electron chi connectivity index (χ3n) is 3.40. The van der Waals surface area contributed by atoms with Crippen LogP contribution in [-0.2, 0) is 9.59 Å². The molecule has 0 radical (unpaired) electrons. The van der Waals surface area contributed by atoms with Crippen molar-refractivity contribution in [2.75, 3.05) is 18.5 Å². The molecule has 2 aromatic carbocycles. The van der Waals surface area contributed by atoms with Gasteiger partial charge in [-0.1, -0.05) is 12.1 Å². The van der Waals surface area contributed by atoms with E-state index >= 15 is 0 Å². The number of hydrogen-bond acceptors (Lipinski definition) is 5. The molecule has 0 aromatic heterocycles. The first-order valence-electron chi connectivity index (χ1n) is 8.19. The average Bonchev–Trinajstić information content (AvgIpc) is 2.67. The van der Waals surface area contributed by atoms with Gasteiger partial charge in [0, 0.05) is 5.69 Å². The lowest BCUT2D eigenvalue weighted by atomic mass is 10.1. The Bertz CT molecular complexity index is 866. The van der Waals surface area contributed by atoms with Gasteiger partial charge in [-0.25, -0.2) is 0 Å². The number of nitriles is 1. The van der Waals surface area contributed by atoms with E-state index in [-0.39, 0.29) is 18.1 Å². The number of carbonyl (C=O) groups excluding carboxylic acids is 2. The fourth-order valence-corrected chi connectivity index (χ4v) is 2.13. The minimum absolute atomic E-state index is 0.140. The molecule has 7 heteroatoms. The molecule has 27 heavy (non-hydrogen) atoms. The normalized spacial score (nSPS) is 10.6. The molecule has 138 valence electrons. The molecule has 0 saturated heterocycles. The SMILES string of the molecule is CCOc1ccc(NC(=O)COc2ccc(/C=C(\C#N)C(N)=O)cc2)cc1. The van der Waals surface area contributed by atoms with Crippen molar-refractivity contribution in [3.05, 3.63) is 59.7 Å². The maximum Gasteiger partial charge on any atom is 0.262 e. The van der Waals surface area contributed by atoms with E-state index in [4.69, 9.17) is 20.5 Å². The van der Waals surface area contributed by atoms with Gasteiger partial charge in [-0.15, -0.1) is 0 Å². The highest BCUT2D eigenvalue weighted by molar-refractivity contribution is 6.00. The van der Waals surface area contributed by atoms with Gasteiger partial charge in [0.1, 0.15) is 23.1 Å². The van der Waals surface area contributed by atoms with Crippen LogP contribution in [0.2, 0.25) is 0 Å². The van der Waals surface area contributed by atoms with Gasteiger partial charge in [0.15, 0.2) is 6.61 Å². The molecule has 0 atom stereocenters. The molecule has 0 aliphatic heterocycles. The summed E-state index contributed by atoms with van der Waals surface area (Å²) in [6.07, 6.45) is 1.38. The summed E-state index contributed by atoms with van der Waals surface area (Å²) in [5, 5.41) is 11.5. The van der Waals surface area contributed by atoms with Crippen LogP contribution in [0.4, 0.5) is 5.69 Å². The minimum Gasteiger partial charge on any atom is -0.494 e. The van der Waals surface area contributed by atoms with Gasteiger partial charge < -0.3 is 20.5 Å². The van der Waals surface area contributed by atoms with E-state index in [9.17, 15) is 9.59 Å². The molecule has 2 aromatic rings. The van der Waals surface area contributed by atoms with Crippen LogP contribution in [-0.4, -0.2) is 25.0 Å². The molecule has 0 bridgehead atoms. The van der Waals surface area contributed by atoms with E-state index in [0.717, 1.165) is 5.75 Å². The zero-order valence-electron chi connectivity index (χ0n) is 14.8. The van der Waals surface area contributed by atoms with Crippen molar-refractivity contribution in [2.24, 2.45) is 5.73 Å². The summed E-state index contributed by atoms with van der Waals surface area (Å²) in [7, 11) is 0. The molecule has 7 nitrogen and oxygen atoms in total. The van der Waals surface area contributed by atoms with Crippen molar-refractivity contribution in [3.63, 3.8) is 0 Å². The van der Waals surface area contributed by atoms with Gasteiger partial charge in [0.05, 0.1) is 6.61 Å². The molecule has 0 spiro atoms. The topological polar surface area (TPSA) is 114 Å². The van der Waals surface area contributed by atoms with Crippen molar-refractivity contribution in [3.8, 4) is 17.6 Å². The second kappa shape index (κ2) is 9.63. The predicted octanol–water partition coefficient (Wildman–Crippen LogP) is 2.50. The zero-order valence-corrected chi connectivity index (χ0v) is 14.8. The number of carbonyl (C=O) groups is 2. The fourth-order valence-electron chi connectivity index (χ4n) is 2.13. The number of primary amides is 1. The first kappa shape index (κ1) is 19.5. The lowest BCUT2D eigenvalue weighted by Gasteiger charge is -2.09. The van der Waals surface area contributed by atoms with E-state index < -0.39 is 5.91 Å². The van der Waals surface area contributed by atoms with Gasteiger partial charge in [0.2, 0.25) is 0 Å². The molecule has 2 rings (SSSR count). The number of amides is 2. The Morgan fingerprint density at radius 3 is 2.22 bits per heavy atom. The van der Waals surface area contributed by atoms with Crippen molar-refractivity contribution in [1.29, 1.82) is 5.26 Å². The fraction of sp³-hybridized carbons (Fsp3) is 0.150. The number of nitrogens with two attached hydrogens (primary N) is 1. The number of benzene rings is 2. The number of ether oxygens (including phenoxy) is 2. The van der Waals surface area contributed by atoms with Crippen molar-refractivity contribution in [1.82, 2.24) is 0 Å². The van der Waals surface area contributed by atoms with Crippen molar-refractivity contribution in [2.45, 2.75) is 6.92 Å². The summed E-state index contributed by atoms with van der Waals surface area (Å²) in [5.41, 5.74) is 6.21. The van der Waals surface area contributed by atoms with E-state index in [2.05, 4.69) is 5.32 Å². The zero-order chi connectivity index (χ0) is 19.6. The smallest absolute Gasteiger partial charge is 0.262 e. The van der Waals surface area contributed by atoms with E-state index in [1.165, 1.54) is 6.08 Å². The van der Waals surface area contributed by atoms with Crippen LogP contribution in [0.25, 0.3) is 6.08 Å². The Balaban J connectivity index is 1.88. The van der Waals surface area contributed by atoms with Gasteiger partial charge in [-0.2, -0.15) is 5.26 Å². The summed E-state index contributed by atoms with van der Waals surface area (Å²) in [6, 6.07) is 15.3. The van der Waals surface area contributed by atoms with Gasteiger partial charge >= 0.3 is 0 Å². The van der Waals surface area contributed by atoms with Gasteiger partial charge in [-0.05, 0) is 55.0 Å². The lowest BCUT2D eigenvalue weighted by molar-refractivity contribution is -0.118. The Morgan fingerprint density at radius 2 is 1.67 bits per heavy atom. The van der Waals surface area contributed by atoms with Crippen LogP contribution >= 0.6 is 0 Å². The van der Waals surface area contributed by atoms with Crippen LogP contribution in [0.5, 0.6) is 11.5 Å². The van der Waals surface area contributed by atoms with E-state index in [1.54, 1.807) is 54.6 Å². The monoisotopic (exact) mass is 365 g/mol. The number of anilines is 1. The number of nitrogens with zero attached hydrogens (tertiary/aromatic N) is 1. The lowest BCUT2D eigenvalue weighted by Crippen LogP contribution is -2.20. The molecule has 2 amide bonds. The van der Waals surface area contributed by atoms with E-state index in [0.29, 0.717) is 23.6 Å². The third-order valence-corrected chi connectivity index (χ3v) is 3.40. The molecule has 0 aliphatic carbocycles. The summed E-state index contributed by atoms with van der Waals surface area (Å²) in [4.78, 5) is 23.0. The van der Waals surface area contributed by atoms with Crippen LogP contribution < -0.4 is 20.5 Å². The number of nitrogens with one attached hydrogen (secondary N) is 1. The largest absolute Gasteiger partial charge is 0.494 e. The molecule has 0 fully saturated rings. The van der Waals surface area contributed by atoms with Crippen LogP contribution in [0.3, 0.4) is 0 Å². The van der Waals surface area contributed by atoms with E-state index in [1.807, 2.05) is 6.92 Å². The predicted molar refractivity (Wildman–Crippen MR) is 101 cm³/mol. The number of hydrogen-bond donors (Lipinski definition) is 2. The maximum atomic E-state index is 12.0. The summed E-state index contributed by atoms with van der Waals surface area (Å²) in [6.45, 7) is 2.32. The molecule has 0 saturated carbocycles. The first-order valence-corrected chi connectivity index (χ1v) is 8.19. The standard InChI is InChI=1S/C20H19N3O4/c1-2-26-17-9-5-16(6-10-17)23-19(24)13-27-18-7-3-14(4-8-18)11-15(12-21)20(22)25/h3-11H,2,13H2,1H3,(H2,22,25)(H,23,24)/b15-11+. The van der Waals surface area contributed by atoms with Gasteiger partial charge in [-0.3, -0.25) is 9.59 Å². The minimum atomic E-state index is -0.788. The molecule has 0 unspecified atom stereocenters. The molecule has 0 heterocycles. The molecular formula is C20H19N3O4.